The number of nitrogens with one attached hydrogen (secondary N) is 1. The molecule has 4 aromatic rings. The molecule has 8 heteroatoms. The quantitative estimate of drug-likeness (QED) is 0.456. The van der Waals surface area contributed by atoms with E-state index in [0.29, 0.717) is 22.1 Å². The number of aromatic nitrogens is 2. The molecule has 0 saturated carbocycles. The molecule has 0 saturated heterocycles. The molecule has 1 N–H and O–H groups in total. The van der Waals surface area contributed by atoms with Crippen molar-refractivity contribution in [3.63, 3.8) is 0 Å². The SMILES string of the molecule is Cc1ccc(OCc2cc(=O)n3c4c(sc3n2)CCCC4)c(NC(=O)c2ccccc2F)c1. The highest BCUT2D eigenvalue weighted by atomic mass is 32.1. The van der Waals surface area contributed by atoms with Gasteiger partial charge < -0.3 is 10.1 Å². The Bertz CT molecular complexity index is 1430. The number of nitrogens with zero attached hydrogens (tertiary/aromatic N) is 2. The van der Waals surface area contributed by atoms with Crippen LogP contribution in [0.4, 0.5) is 10.1 Å². The van der Waals surface area contributed by atoms with Crippen LogP contribution in [0.1, 0.15) is 45.0 Å². The topological polar surface area (TPSA) is 72.7 Å². The van der Waals surface area contributed by atoms with Gasteiger partial charge in [0.05, 0.1) is 16.9 Å². The van der Waals surface area contributed by atoms with Crippen LogP contribution in [-0.2, 0) is 19.4 Å². The highest BCUT2D eigenvalue weighted by Crippen LogP contribution is 2.29. The van der Waals surface area contributed by atoms with Crippen LogP contribution >= 0.6 is 11.3 Å². The van der Waals surface area contributed by atoms with Crippen molar-refractivity contribution >= 4 is 27.9 Å². The van der Waals surface area contributed by atoms with Crippen molar-refractivity contribution in [3.05, 3.63) is 92.1 Å². The van der Waals surface area contributed by atoms with Crippen molar-refractivity contribution in [2.45, 2.75) is 39.2 Å². The second-order valence-electron chi connectivity index (χ2n) is 8.10. The van der Waals surface area contributed by atoms with Gasteiger partial charge in [0.1, 0.15) is 18.2 Å². The summed E-state index contributed by atoms with van der Waals surface area (Å²) in [6.07, 6.45) is 4.12. The second kappa shape index (κ2) is 8.78. The molecule has 2 aromatic carbocycles. The molecule has 0 spiro atoms. The van der Waals surface area contributed by atoms with E-state index < -0.39 is 11.7 Å². The van der Waals surface area contributed by atoms with Crippen LogP contribution in [0.25, 0.3) is 4.96 Å². The van der Waals surface area contributed by atoms with Gasteiger partial charge in [-0.2, -0.15) is 0 Å². The van der Waals surface area contributed by atoms with Gasteiger partial charge in [-0.3, -0.25) is 14.0 Å². The summed E-state index contributed by atoms with van der Waals surface area (Å²) < 4.78 is 21.7. The van der Waals surface area contributed by atoms with Crippen molar-refractivity contribution in [1.82, 2.24) is 9.38 Å². The number of ether oxygens (including phenoxy) is 1. The van der Waals surface area contributed by atoms with E-state index in [4.69, 9.17) is 4.74 Å². The first-order valence-corrected chi connectivity index (χ1v) is 11.6. The van der Waals surface area contributed by atoms with Crippen LogP contribution < -0.4 is 15.6 Å². The largest absolute Gasteiger partial charge is 0.485 e. The van der Waals surface area contributed by atoms with E-state index in [9.17, 15) is 14.0 Å². The Hall–Kier alpha value is -3.52. The Kier molecular flexibility index (Phi) is 5.68. The third kappa shape index (κ3) is 4.26. The molecule has 2 heterocycles. The first-order chi connectivity index (χ1) is 16.0. The molecule has 1 aliphatic rings. The molecule has 1 aliphatic carbocycles. The van der Waals surface area contributed by atoms with Gasteiger partial charge in [0, 0.05) is 16.6 Å². The predicted molar refractivity (Wildman–Crippen MR) is 126 cm³/mol. The molecule has 0 radical (unpaired) electrons. The van der Waals surface area contributed by atoms with Crippen LogP contribution in [-0.4, -0.2) is 15.3 Å². The van der Waals surface area contributed by atoms with E-state index in [1.165, 1.54) is 29.1 Å². The smallest absolute Gasteiger partial charge is 0.259 e. The fourth-order valence-corrected chi connectivity index (χ4v) is 5.30. The lowest BCUT2D eigenvalue weighted by atomic mass is 10.0. The van der Waals surface area contributed by atoms with Crippen LogP contribution in [0.2, 0.25) is 0 Å². The zero-order valence-electron chi connectivity index (χ0n) is 18.1. The third-order valence-electron chi connectivity index (χ3n) is 5.69. The molecule has 6 nitrogen and oxygen atoms in total. The molecular weight excluding hydrogens is 441 g/mol. The van der Waals surface area contributed by atoms with Crippen molar-refractivity contribution in [1.29, 1.82) is 0 Å². The number of anilines is 1. The summed E-state index contributed by atoms with van der Waals surface area (Å²) in [5.74, 6) is -0.745. The van der Waals surface area contributed by atoms with E-state index >= 15 is 0 Å². The fourth-order valence-electron chi connectivity index (χ4n) is 4.07. The maximum absolute atomic E-state index is 14.0. The zero-order valence-corrected chi connectivity index (χ0v) is 18.9. The van der Waals surface area contributed by atoms with Crippen LogP contribution in [0.3, 0.4) is 0 Å². The minimum absolute atomic E-state index is 0.0493. The lowest BCUT2D eigenvalue weighted by molar-refractivity contribution is 0.102. The molecule has 0 atom stereocenters. The maximum atomic E-state index is 14.0. The van der Waals surface area contributed by atoms with E-state index in [-0.39, 0.29) is 17.7 Å². The van der Waals surface area contributed by atoms with E-state index in [1.54, 1.807) is 33.9 Å². The van der Waals surface area contributed by atoms with Gasteiger partial charge >= 0.3 is 0 Å². The average molecular weight is 464 g/mol. The number of carbonyl (C=O) groups excluding carboxylic acids is 1. The highest BCUT2D eigenvalue weighted by molar-refractivity contribution is 7.17. The summed E-state index contributed by atoms with van der Waals surface area (Å²) in [7, 11) is 0. The second-order valence-corrected chi connectivity index (χ2v) is 9.17. The predicted octanol–water partition coefficient (Wildman–Crippen LogP) is 4.91. The van der Waals surface area contributed by atoms with Gasteiger partial charge in [-0.05, 0) is 62.4 Å². The number of rotatable bonds is 5. The summed E-state index contributed by atoms with van der Waals surface area (Å²) in [5, 5.41) is 2.73. The number of aryl methyl sites for hydroxylation is 3. The van der Waals surface area contributed by atoms with Gasteiger partial charge in [0.25, 0.3) is 11.5 Å². The van der Waals surface area contributed by atoms with Crippen LogP contribution in [0.5, 0.6) is 5.75 Å². The highest BCUT2D eigenvalue weighted by Gasteiger charge is 2.19. The number of halogens is 1. The first-order valence-electron chi connectivity index (χ1n) is 10.8. The van der Waals surface area contributed by atoms with Crippen molar-refractivity contribution in [3.8, 4) is 5.75 Å². The third-order valence-corrected chi connectivity index (χ3v) is 6.83. The fraction of sp³-hybridized carbons (Fsp3) is 0.240. The first kappa shape index (κ1) is 21.3. The average Bonchev–Trinajstić information content (AvgIpc) is 3.17. The molecular formula is C25H22FN3O3S. The summed E-state index contributed by atoms with van der Waals surface area (Å²) in [5.41, 5.74) is 2.79. The standard InChI is InChI=1S/C25H22FN3O3S/c1-15-10-11-21(19(12-15)28-24(31)17-6-2-3-7-18(17)26)32-14-16-13-23(30)29-20-8-4-5-9-22(20)33-25(29)27-16/h2-3,6-7,10-13H,4-5,8-9,14H2,1H3,(H,28,31). The number of amides is 1. The molecule has 1 amide bonds. The molecule has 0 bridgehead atoms. The number of thiazole rings is 1. The van der Waals surface area contributed by atoms with E-state index in [1.807, 2.05) is 13.0 Å². The lowest BCUT2D eigenvalue weighted by Crippen LogP contribution is -2.18. The molecule has 33 heavy (non-hydrogen) atoms. The monoisotopic (exact) mass is 463 g/mol. The zero-order chi connectivity index (χ0) is 22.9. The molecule has 0 aliphatic heterocycles. The summed E-state index contributed by atoms with van der Waals surface area (Å²) in [6, 6.07) is 12.7. The Labute approximate surface area is 193 Å². The normalized spacial score (nSPS) is 13.0. The Morgan fingerprint density at radius 2 is 2.00 bits per heavy atom. The minimum atomic E-state index is -0.596. The number of hydrogen-bond acceptors (Lipinski definition) is 5. The summed E-state index contributed by atoms with van der Waals surface area (Å²) in [4.78, 5) is 31.9. The Balaban J connectivity index is 1.39. The Morgan fingerprint density at radius 1 is 1.18 bits per heavy atom. The van der Waals surface area contributed by atoms with Crippen molar-refractivity contribution < 1.29 is 13.9 Å². The minimum Gasteiger partial charge on any atom is -0.485 e. The van der Waals surface area contributed by atoms with Crippen molar-refractivity contribution in [2.75, 3.05) is 5.32 Å². The van der Waals surface area contributed by atoms with Gasteiger partial charge in [0.2, 0.25) is 0 Å². The number of fused-ring (bicyclic) bond motifs is 3. The van der Waals surface area contributed by atoms with Crippen LogP contribution in [0.15, 0.2) is 53.3 Å². The lowest BCUT2D eigenvalue weighted by Gasteiger charge is -2.14. The van der Waals surface area contributed by atoms with Gasteiger partial charge in [-0.1, -0.05) is 18.2 Å². The van der Waals surface area contributed by atoms with E-state index in [2.05, 4.69) is 10.3 Å². The molecule has 0 fully saturated rings. The molecule has 168 valence electrons. The van der Waals surface area contributed by atoms with Crippen molar-refractivity contribution in [2.24, 2.45) is 0 Å². The molecule has 0 unspecified atom stereocenters. The maximum Gasteiger partial charge on any atom is 0.259 e. The van der Waals surface area contributed by atoms with Gasteiger partial charge in [0.15, 0.2) is 4.96 Å². The summed E-state index contributed by atoms with van der Waals surface area (Å²) in [6.45, 7) is 1.96. The van der Waals surface area contributed by atoms with Gasteiger partial charge in [-0.15, -0.1) is 11.3 Å². The molecule has 2 aromatic heterocycles. The van der Waals surface area contributed by atoms with Crippen LogP contribution in [0, 0.1) is 12.7 Å². The number of benzene rings is 2. The number of hydrogen-bond donors (Lipinski definition) is 1. The van der Waals surface area contributed by atoms with Gasteiger partial charge in [-0.25, -0.2) is 9.37 Å². The molecule has 5 rings (SSSR count). The van der Waals surface area contributed by atoms with E-state index in [0.717, 1.165) is 36.9 Å². The summed E-state index contributed by atoms with van der Waals surface area (Å²) >= 11 is 1.57. The Morgan fingerprint density at radius 3 is 2.85 bits per heavy atom. The number of carbonyl (C=O) groups is 1.